The molecule has 1 fully saturated rings. The van der Waals surface area contributed by atoms with Crippen molar-refractivity contribution >= 4 is 23.6 Å². The van der Waals surface area contributed by atoms with Crippen LogP contribution in [0.25, 0.3) is 5.69 Å². The summed E-state index contributed by atoms with van der Waals surface area (Å²) in [5.74, 6) is -1.98. The Morgan fingerprint density at radius 2 is 1.71 bits per heavy atom. The van der Waals surface area contributed by atoms with E-state index in [1.165, 1.54) is 30.3 Å². The summed E-state index contributed by atoms with van der Waals surface area (Å²) in [4.78, 5) is 35.9. The van der Waals surface area contributed by atoms with E-state index in [1.807, 2.05) is 0 Å². The minimum Gasteiger partial charge on any atom is -0.465 e. The quantitative estimate of drug-likeness (QED) is 0.144. The van der Waals surface area contributed by atoms with E-state index in [-0.39, 0.29) is 17.9 Å². The molecule has 0 radical (unpaired) electrons. The number of rotatable bonds is 11. The molecule has 1 heterocycles. The summed E-state index contributed by atoms with van der Waals surface area (Å²) in [7, 11) is 0. The second-order valence-corrected chi connectivity index (χ2v) is 10.6. The van der Waals surface area contributed by atoms with Crippen LogP contribution in [0.15, 0.2) is 72.8 Å². The molecule has 234 valence electrons. The number of hydrogen-bond acceptors (Lipinski definition) is 5. The fourth-order valence-corrected chi connectivity index (χ4v) is 4.73. The van der Waals surface area contributed by atoms with Gasteiger partial charge in [0.15, 0.2) is 5.69 Å². The first-order chi connectivity index (χ1) is 21.4. The van der Waals surface area contributed by atoms with Crippen LogP contribution in [0.2, 0.25) is 0 Å². The number of nitrogens with two attached hydrogens (primary N) is 1. The molecule has 14 heteroatoms. The average molecular weight is 625 g/mol. The molecular weight excluding hydrogens is 596 g/mol. The third-order valence-corrected chi connectivity index (χ3v) is 7.24. The third-order valence-electron chi connectivity index (χ3n) is 7.24. The summed E-state index contributed by atoms with van der Waals surface area (Å²) in [5.41, 5.74) is 5.28. The van der Waals surface area contributed by atoms with Gasteiger partial charge in [-0.1, -0.05) is 30.3 Å². The largest absolute Gasteiger partial charge is 0.465 e. The Morgan fingerprint density at radius 1 is 1.00 bits per heavy atom. The van der Waals surface area contributed by atoms with Crippen LogP contribution in [0.1, 0.15) is 62.1 Å². The summed E-state index contributed by atoms with van der Waals surface area (Å²) in [6.07, 6.45) is -4.05. The molecule has 1 atom stereocenters. The number of aromatic nitrogens is 2. The highest BCUT2D eigenvalue weighted by Gasteiger charge is 2.36. The summed E-state index contributed by atoms with van der Waals surface area (Å²) < 4.78 is 56.8. The molecule has 3 aromatic carbocycles. The van der Waals surface area contributed by atoms with Crippen LogP contribution in [0.3, 0.4) is 0 Å². The van der Waals surface area contributed by atoms with Crippen LogP contribution in [0.5, 0.6) is 0 Å². The van der Waals surface area contributed by atoms with Gasteiger partial charge >= 0.3 is 12.3 Å². The van der Waals surface area contributed by atoms with Crippen molar-refractivity contribution in [3.63, 3.8) is 0 Å². The number of halogens is 4. The zero-order valence-corrected chi connectivity index (χ0v) is 23.6. The van der Waals surface area contributed by atoms with Gasteiger partial charge in [-0.2, -0.15) is 18.3 Å². The van der Waals surface area contributed by atoms with E-state index in [0.29, 0.717) is 35.2 Å². The number of primary amides is 1. The van der Waals surface area contributed by atoms with Crippen molar-refractivity contribution in [3.8, 4) is 5.69 Å². The van der Waals surface area contributed by atoms with Gasteiger partial charge in [-0.25, -0.2) is 13.9 Å². The Kier molecular flexibility index (Phi) is 8.86. The van der Waals surface area contributed by atoms with E-state index >= 15 is 4.39 Å². The number of nitrogens with zero attached hydrogens (tertiary/aromatic N) is 2. The Labute approximate surface area is 254 Å². The molecule has 10 nitrogen and oxygen atoms in total. The van der Waals surface area contributed by atoms with Crippen LogP contribution in [-0.4, -0.2) is 39.3 Å². The molecular formula is C31H28F4N6O4. The second kappa shape index (κ2) is 12.8. The lowest BCUT2D eigenvalue weighted by Gasteiger charge is -2.21. The average Bonchev–Trinajstić information content (AvgIpc) is 3.71. The maximum Gasteiger partial charge on any atom is 0.435 e. The molecule has 1 saturated carbocycles. The van der Waals surface area contributed by atoms with Gasteiger partial charge in [-0.3, -0.25) is 9.59 Å². The first kappa shape index (κ1) is 31.2. The van der Waals surface area contributed by atoms with Crippen molar-refractivity contribution in [1.82, 2.24) is 20.4 Å². The molecule has 3 amide bonds. The molecule has 45 heavy (non-hydrogen) atoms. The highest BCUT2D eigenvalue weighted by Crippen LogP contribution is 2.33. The van der Waals surface area contributed by atoms with E-state index in [2.05, 4.69) is 21.0 Å². The molecule has 0 saturated heterocycles. The van der Waals surface area contributed by atoms with Crippen molar-refractivity contribution in [2.45, 2.75) is 31.6 Å². The molecule has 1 aliphatic rings. The number of amides is 3. The van der Waals surface area contributed by atoms with Gasteiger partial charge in [0, 0.05) is 18.2 Å². The lowest BCUT2D eigenvalue weighted by atomic mass is 9.96. The minimum absolute atomic E-state index is 0.0540. The minimum atomic E-state index is -4.89. The lowest BCUT2D eigenvalue weighted by Crippen LogP contribution is -2.25. The number of carboxylic acid groups (broad SMARTS) is 1. The number of benzene rings is 3. The number of alkyl halides is 3. The van der Waals surface area contributed by atoms with Crippen LogP contribution >= 0.6 is 0 Å². The number of nitrogens with one attached hydrogen (secondary N) is 3. The second-order valence-electron chi connectivity index (χ2n) is 10.6. The summed E-state index contributed by atoms with van der Waals surface area (Å²) in [6.45, 7) is 0.527. The van der Waals surface area contributed by atoms with Gasteiger partial charge in [-0.15, -0.1) is 0 Å². The van der Waals surface area contributed by atoms with Gasteiger partial charge in [0.2, 0.25) is 5.91 Å². The predicted octanol–water partition coefficient (Wildman–Crippen LogP) is 5.24. The Hall–Kier alpha value is -5.24. The highest BCUT2D eigenvalue weighted by atomic mass is 19.4. The van der Waals surface area contributed by atoms with Gasteiger partial charge < -0.3 is 26.8 Å². The molecule has 1 aromatic heterocycles. The molecule has 0 spiro atoms. The summed E-state index contributed by atoms with van der Waals surface area (Å²) in [5, 5.41) is 20.4. The van der Waals surface area contributed by atoms with Gasteiger partial charge in [0.25, 0.3) is 5.91 Å². The normalized spacial score (nSPS) is 13.7. The first-order valence-electron chi connectivity index (χ1n) is 13.9. The maximum atomic E-state index is 15.1. The molecule has 6 N–H and O–H groups in total. The molecule has 4 aromatic rings. The molecule has 0 aliphatic heterocycles. The number of hydrogen-bond donors (Lipinski definition) is 5. The van der Waals surface area contributed by atoms with E-state index in [9.17, 15) is 27.6 Å². The van der Waals surface area contributed by atoms with E-state index in [0.717, 1.165) is 29.2 Å². The lowest BCUT2D eigenvalue weighted by molar-refractivity contribution is -0.141. The monoisotopic (exact) mass is 624 g/mol. The van der Waals surface area contributed by atoms with E-state index in [1.54, 1.807) is 30.3 Å². The van der Waals surface area contributed by atoms with Gasteiger partial charge in [0.05, 0.1) is 17.4 Å². The smallest absolute Gasteiger partial charge is 0.435 e. The van der Waals surface area contributed by atoms with Gasteiger partial charge in [-0.05, 0) is 78.4 Å². The van der Waals surface area contributed by atoms with Crippen LogP contribution in [0, 0.1) is 11.7 Å². The highest BCUT2D eigenvalue weighted by molar-refractivity contribution is 6.03. The molecule has 0 bridgehead atoms. The van der Waals surface area contributed by atoms with Crippen molar-refractivity contribution in [2.24, 2.45) is 11.7 Å². The topological polar surface area (TPSA) is 151 Å². The fourth-order valence-electron chi connectivity index (χ4n) is 4.73. The van der Waals surface area contributed by atoms with Crippen molar-refractivity contribution in [3.05, 3.63) is 112 Å². The number of carbonyl (C=O) groups is 3. The number of carbonyl (C=O) groups excluding carboxylic acids is 2. The van der Waals surface area contributed by atoms with Crippen molar-refractivity contribution < 1.29 is 37.1 Å². The molecule has 1 aliphatic carbocycles. The van der Waals surface area contributed by atoms with Crippen LogP contribution in [0.4, 0.5) is 28.0 Å². The van der Waals surface area contributed by atoms with E-state index < -0.39 is 47.3 Å². The SMILES string of the molecule is NC(=O)c1ccc(C(NCC2CC2)c2ccc(F)c(NC(=O)c3cc(C(F)(F)F)nn3-c3cccc(CNC(=O)O)c3)c2)cc1. The number of anilines is 1. The predicted molar refractivity (Wildman–Crippen MR) is 155 cm³/mol. The first-order valence-corrected chi connectivity index (χ1v) is 13.9. The Morgan fingerprint density at radius 3 is 2.36 bits per heavy atom. The molecule has 1 unspecified atom stereocenters. The van der Waals surface area contributed by atoms with Crippen LogP contribution in [-0.2, 0) is 12.7 Å². The molecule has 5 rings (SSSR count). The van der Waals surface area contributed by atoms with Crippen LogP contribution < -0.4 is 21.7 Å². The summed E-state index contributed by atoms with van der Waals surface area (Å²) in [6, 6.07) is 16.5. The summed E-state index contributed by atoms with van der Waals surface area (Å²) >= 11 is 0. The third kappa shape index (κ3) is 7.65. The standard InChI is InChI=1S/C31H28F4N6O4/c32-23-11-10-21(27(37-15-17-4-5-17)19-6-8-20(9-7-19)28(36)42)13-24(23)39-29(43)25-14-26(31(33,34)35)40-41(25)22-3-1-2-18(12-22)16-38-30(44)45/h1-3,6-14,17,27,37-38H,4-5,15-16H2,(H2,36,42)(H,39,43)(H,44,45). The zero-order chi connectivity index (χ0) is 32.3. The van der Waals surface area contributed by atoms with Gasteiger partial charge in [0.1, 0.15) is 11.5 Å². The fraction of sp³-hybridized carbons (Fsp3) is 0.226. The zero-order valence-electron chi connectivity index (χ0n) is 23.6. The Bertz CT molecular complexity index is 1730. The maximum absolute atomic E-state index is 15.1. The van der Waals surface area contributed by atoms with E-state index in [4.69, 9.17) is 10.8 Å². The van der Waals surface area contributed by atoms with Crippen molar-refractivity contribution in [1.29, 1.82) is 0 Å². The Balaban J connectivity index is 1.47. The van der Waals surface area contributed by atoms with Crippen molar-refractivity contribution in [2.75, 3.05) is 11.9 Å².